The molecule has 1 aliphatic heterocycles. The lowest BCUT2D eigenvalue weighted by Gasteiger charge is -2.19. The standard InChI is InChI=1S/C15H16BrN3O2/c16-11-5-3-10(4-6-11)12-8-17-14(18-12)9-19-7-1-2-13(19)15(20)21/h3-6,8,13H,1-2,7,9H2,(H,17,18)(H,20,21). The summed E-state index contributed by atoms with van der Waals surface area (Å²) in [6, 6.07) is 7.61. The number of carbonyl (C=O) groups is 1. The second-order valence-corrected chi connectivity index (χ2v) is 6.13. The fraction of sp³-hybridized carbons (Fsp3) is 0.333. The summed E-state index contributed by atoms with van der Waals surface area (Å²) >= 11 is 3.41. The molecule has 0 aliphatic carbocycles. The summed E-state index contributed by atoms with van der Waals surface area (Å²) in [5.41, 5.74) is 2.01. The molecule has 0 amide bonds. The molecule has 21 heavy (non-hydrogen) atoms. The van der Waals surface area contributed by atoms with Gasteiger partial charge in [-0.25, -0.2) is 4.98 Å². The third-order valence-electron chi connectivity index (χ3n) is 3.79. The van der Waals surface area contributed by atoms with E-state index in [-0.39, 0.29) is 6.04 Å². The number of aromatic amines is 1. The van der Waals surface area contributed by atoms with Crippen molar-refractivity contribution in [3.05, 3.63) is 40.8 Å². The van der Waals surface area contributed by atoms with Gasteiger partial charge in [-0.1, -0.05) is 28.1 Å². The maximum Gasteiger partial charge on any atom is 0.320 e. The van der Waals surface area contributed by atoms with Crippen molar-refractivity contribution in [1.29, 1.82) is 0 Å². The van der Waals surface area contributed by atoms with Crippen molar-refractivity contribution in [1.82, 2.24) is 14.9 Å². The Bertz CT molecular complexity index is 639. The SMILES string of the molecule is O=C(O)C1CCCN1Cc1ncc(-c2ccc(Br)cc2)[nH]1. The second kappa shape index (κ2) is 5.99. The van der Waals surface area contributed by atoms with Crippen molar-refractivity contribution >= 4 is 21.9 Å². The first-order valence-electron chi connectivity index (χ1n) is 6.90. The van der Waals surface area contributed by atoms with Crippen LogP contribution in [0.25, 0.3) is 11.3 Å². The van der Waals surface area contributed by atoms with Gasteiger partial charge in [-0.3, -0.25) is 9.69 Å². The fourth-order valence-corrected chi connectivity index (χ4v) is 2.97. The summed E-state index contributed by atoms with van der Waals surface area (Å²) in [5, 5.41) is 9.19. The van der Waals surface area contributed by atoms with Crippen LogP contribution in [0.2, 0.25) is 0 Å². The number of likely N-dealkylation sites (tertiary alicyclic amines) is 1. The fourth-order valence-electron chi connectivity index (χ4n) is 2.71. The number of rotatable bonds is 4. The van der Waals surface area contributed by atoms with Gasteiger partial charge in [-0.2, -0.15) is 0 Å². The van der Waals surface area contributed by atoms with Gasteiger partial charge < -0.3 is 10.1 Å². The minimum absolute atomic E-state index is 0.383. The normalized spacial score (nSPS) is 19.0. The Morgan fingerprint density at radius 2 is 2.19 bits per heavy atom. The molecule has 1 aromatic heterocycles. The van der Waals surface area contributed by atoms with Crippen LogP contribution < -0.4 is 0 Å². The molecule has 2 N–H and O–H groups in total. The van der Waals surface area contributed by atoms with Crippen molar-refractivity contribution < 1.29 is 9.90 Å². The van der Waals surface area contributed by atoms with Crippen LogP contribution in [0.1, 0.15) is 18.7 Å². The number of carboxylic acid groups (broad SMARTS) is 1. The number of aromatic nitrogens is 2. The molecule has 1 saturated heterocycles. The zero-order valence-electron chi connectivity index (χ0n) is 11.4. The number of benzene rings is 1. The quantitative estimate of drug-likeness (QED) is 0.890. The van der Waals surface area contributed by atoms with Crippen molar-refractivity contribution in [2.75, 3.05) is 6.54 Å². The molecule has 0 saturated carbocycles. The van der Waals surface area contributed by atoms with E-state index in [2.05, 4.69) is 25.9 Å². The summed E-state index contributed by atoms with van der Waals surface area (Å²) < 4.78 is 1.03. The maximum absolute atomic E-state index is 11.2. The van der Waals surface area contributed by atoms with Gasteiger partial charge in [-0.15, -0.1) is 0 Å². The van der Waals surface area contributed by atoms with Crippen molar-refractivity contribution in [3.63, 3.8) is 0 Å². The maximum atomic E-state index is 11.2. The van der Waals surface area contributed by atoms with Gasteiger partial charge in [0.1, 0.15) is 11.9 Å². The Morgan fingerprint density at radius 3 is 2.90 bits per heavy atom. The topological polar surface area (TPSA) is 69.2 Å². The van der Waals surface area contributed by atoms with Gasteiger partial charge in [0.25, 0.3) is 0 Å². The number of imidazole rings is 1. The number of aliphatic carboxylic acids is 1. The zero-order chi connectivity index (χ0) is 14.8. The molecule has 2 heterocycles. The summed E-state index contributed by atoms with van der Waals surface area (Å²) in [6.07, 6.45) is 3.44. The first kappa shape index (κ1) is 14.3. The molecule has 1 atom stereocenters. The largest absolute Gasteiger partial charge is 0.480 e. The lowest BCUT2D eigenvalue weighted by Crippen LogP contribution is -2.35. The first-order chi connectivity index (χ1) is 10.1. The predicted molar refractivity (Wildman–Crippen MR) is 82.8 cm³/mol. The summed E-state index contributed by atoms with van der Waals surface area (Å²) in [4.78, 5) is 20.8. The van der Waals surface area contributed by atoms with E-state index in [0.717, 1.165) is 40.9 Å². The predicted octanol–water partition coefficient (Wildman–Crippen LogP) is 2.89. The van der Waals surface area contributed by atoms with E-state index in [4.69, 9.17) is 0 Å². The zero-order valence-corrected chi connectivity index (χ0v) is 13.0. The van der Waals surface area contributed by atoms with Crippen LogP contribution in [0.4, 0.5) is 0 Å². The highest BCUT2D eigenvalue weighted by atomic mass is 79.9. The highest BCUT2D eigenvalue weighted by Gasteiger charge is 2.30. The van der Waals surface area contributed by atoms with Crippen LogP contribution in [-0.2, 0) is 11.3 Å². The van der Waals surface area contributed by atoms with Crippen molar-refractivity contribution in [3.8, 4) is 11.3 Å². The van der Waals surface area contributed by atoms with Gasteiger partial charge >= 0.3 is 5.97 Å². The molecule has 0 bridgehead atoms. The average Bonchev–Trinajstić information content (AvgIpc) is 3.09. The summed E-state index contributed by atoms with van der Waals surface area (Å²) in [5.74, 6) is 0.0632. The Hall–Kier alpha value is -1.66. The van der Waals surface area contributed by atoms with Gasteiger partial charge in [0, 0.05) is 4.47 Å². The third-order valence-corrected chi connectivity index (χ3v) is 4.31. The first-order valence-corrected chi connectivity index (χ1v) is 7.69. The second-order valence-electron chi connectivity index (χ2n) is 5.22. The Kier molecular flexibility index (Phi) is 4.07. The average molecular weight is 350 g/mol. The number of halogens is 1. The van der Waals surface area contributed by atoms with Crippen LogP contribution in [0, 0.1) is 0 Å². The van der Waals surface area contributed by atoms with Crippen LogP contribution in [-0.4, -0.2) is 38.5 Å². The smallest absolute Gasteiger partial charge is 0.320 e. The molecule has 1 aromatic carbocycles. The Balaban J connectivity index is 1.73. The summed E-state index contributed by atoms with van der Waals surface area (Å²) in [6.45, 7) is 1.36. The molecule has 6 heteroatoms. The number of carboxylic acids is 1. The monoisotopic (exact) mass is 349 g/mol. The van der Waals surface area contributed by atoms with Crippen LogP contribution in [0.15, 0.2) is 34.9 Å². The van der Waals surface area contributed by atoms with E-state index >= 15 is 0 Å². The Morgan fingerprint density at radius 1 is 1.43 bits per heavy atom. The van der Waals surface area contributed by atoms with E-state index in [9.17, 15) is 9.90 Å². The molecular weight excluding hydrogens is 334 g/mol. The number of nitrogens with one attached hydrogen (secondary N) is 1. The van der Waals surface area contributed by atoms with Gasteiger partial charge in [0.05, 0.1) is 18.4 Å². The lowest BCUT2D eigenvalue weighted by molar-refractivity contribution is -0.142. The van der Waals surface area contributed by atoms with E-state index in [0.29, 0.717) is 6.54 Å². The van der Waals surface area contributed by atoms with Crippen molar-refractivity contribution in [2.45, 2.75) is 25.4 Å². The Labute approximate surface area is 131 Å². The third kappa shape index (κ3) is 3.16. The molecule has 0 spiro atoms. The number of hydrogen-bond acceptors (Lipinski definition) is 3. The minimum Gasteiger partial charge on any atom is -0.480 e. The number of nitrogens with zero attached hydrogens (tertiary/aromatic N) is 2. The molecule has 1 fully saturated rings. The molecule has 3 rings (SSSR count). The van der Waals surface area contributed by atoms with Crippen LogP contribution in [0.3, 0.4) is 0 Å². The number of H-pyrrole nitrogens is 1. The van der Waals surface area contributed by atoms with Crippen molar-refractivity contribution in [2.24, 2.45) is 0 Å². The van der Waals surface area contributed by atoms with Gasteiger partial charge in [-0.05, 0) is 37.1 Å². The molecule has 0 radical (unpaired) electrons. The van der Waals surface area contributed by atoms with E-state index in [1.807, 2.05) is 29.2 Å². The molecule has 110 valence electrons. The number of hydrogen-bond donors (Lipinski definition) is 2. The van der Waals surface area contributed by atoms with Gasteiger partial charge in [0.15, 0.2) is 0 Å². The minimum atomic E-state index is -0.743. The highest BCUT2D eigenvalue weighted by molar-refractivity contribution is 9.10. The van der Waals surface area contributed by atoms with Gasteiger partial charge in [0.2, 0.25) is 0 Å². The van der Waals surface area contributed by atoms with E-state index in [1.165, 1.54) is 0 Å². The molecular formula is C15H16BrN3O2. The van der Waals surface area contributed by atoms with Crippen LogP contribution >= 0.6 is 15.9 Å². The molecule has 5 nitrogen and oxygen atoms in total. The highest BCUT2D eigenvalue weighted by Crippen LogP contribution is 2.22. The molecule has 1 aliphatic rings. The summed E-state index contributed by atoms with van der Waals surface area (Å²) in [7, 11) is 0. The van der Waals surface area contributed by atoms with Crippen LogP contribution in [0.5, 0.6) is 0 Å². The molecule has 1 unspecified atom stereocenters. The van der Waals surface area contributed by atoms with E-state index in [1.54, 1.807) is 6.20 Å². The van der Waals surface area contributed by atoms with E-state index < -0.39 is 5.97 Å². The molecule has 2 aromatic rings. The lowest BCUT2D eigenvalue weighted by atomic mass is 10.2.